The molecule has 4 heteroatoms. The highest BCUT2D eigenvalue weighted by Crippen LogP contribution is 2.39. The van der Waals surface area contributed by atoms with Gasteiger partial charge < -0.3 is 14.4 Å². The maximum Gasteiger partial charge on any atom is 0.254 e. The third kappa shape index (κ3) is 3.23. The molecular formula is C23H23NO3. The van der Waals surface area contributed by atoms with E-state index in [1.165, 1.54) is 0 Å². The van der Waals surface area contributed by atoms with Crippen molar-refractivity contribution in [3.63, 3.8) is 0 Å². The molecule has 4 rings (SSSR count). The molecule has 138 valence electrons. The zero-order valence-corrected chi connectivity index (χ0v) is 15.6. The molecular weight excluding hydrogens is 338 g/mol. The lowest BCUT2D eigenvalue weighted by Gasteiger charge is -2.27. The quantitative estimate of drug-likeness (QED) is 0.668. The molecule has 1 fully saturated rings. The molecule has 0 saturated carbocycles. The normalized spacial score (nSPS) is 16.5. The highest BCUT2D eigenvalue weighted by molar-refractivity contribution is 5.99. The van der Waals surface area contributed by atoms with E-state index in [1.807, 2.05) is 59.5 Å². The van der Waals surface area contributed by atoms with Crippen LogP contribution in [0.25, 0.3) is 10.8 Å². The van der Waals surface area contributed by atoms with E-state index in [1.54, 1.807) is 14.2 Å². The average Bonchev–Trinajstić information content (AvgIpc) is 3.22. The Labute approximate surface area is 159 Å². The van der Waals surface area contributed by atoms with E-state index in [2.05, 4.69) is 6.07 Å². The van der Waals surface area contributed by atoms with Gasteiger partial charge in [0, 0.05) is 17.7 Å². The van der Waals surface area contributed by atoms with Crippen LogP contribution in [-0.2, 0) is 0 Å². The molecule has 0 N–H and O–H groups in total. The lowest BCUT2D eigenvalue weighted by Crippen LogP contribution is -2.30. The second kappa shape index (κ2) is 7.31. The second-order valence-electron chi connectivity index (χ2n) is 6.83. The first-order valence-electron chi connectivity index (χ1n) is 9.23. The third-order valence-corrected chi connectivity index (χ3v) is 5.31. The van der Waals surface area contributed by atoms with Crippen LogP contribution in [0, 0.1) is 0 Å². The van der Waals surface area contributed by atoms with Crippen LogP contribution in [0.3, 0.4) is 0 Å². The van der Waals surface area contributed by atoms with Gasteiger partial charge in [0.15, 0.2) is 0 Å². The summed E-state index contributed by atoms with van der Waals surface area (Å²) in [6.07, 6.45) is 1.90. The molecule has 0 aromatic heterocycles. The Kier molecular flexibility index (Phi) is 4.71. The highest BCUT2D eigenvalue weighted by atomic mass is 16.5. The van der Waals surface area contributed by atoms with Gasteiger partial charge in [-0.05, 0) is 53.9 Å². The van der Waals surface area contributed by atoms with Crippen LogP contribution in [0.15, 0.2) is 60.7 Å². The van der Waals surface area contributed by atoms with E-state index in [-0.39, 0.29) is 11.9 Å². The number of hydrogen-bond acceptors (Lipinski definition) is 3. The number of hydrogen-bond donors (Lipinski definition) is 0. The van der Waals surface area contributed by atoms with Gasteiger partial charge in [-0.15, -0.1) is 0 Å². The first-order chi connectivity index (χ1) is 13.2. The molecule has 1 amide bonds. The van der Waals surface area contributed by atoms with Crippen molar-refractivity contribution in [2.24, 2.45) is 0 Å². The minimum Gasteiger partial charge on any atom is -0.497 e. The van der Waals surface area contributed by atoms with Crippen molar-refractivity contribution in [2.75, 3.05) is 20.8 Å². The number of carbonyl (C=O) groups is 1. The number of amides is 1. The standard InChI is InChI=1S/C23H23NO3/c1-26-19-11-12-22(27-2)20(15-19)21-8-5-13-24(21)23(25)18-10-9-16-6-3-4-7-17(16)14-18/h3-4,6-7,9-12,14-15,21H,5,8,13H2,1-2H3. The van der Waals surface area contributed by atoms with Crippen LogP contribution in [0.1, 0.15) is 34.8 Å². The van der Waals surface area contributed by atoms with Crippen molar-refractivity contribution in [2.45, 2.75) is 18.9 Å². The number of nitrogens with zero attached hydrogens (tertiary/aromatic N) is 1. The minimum atomic E-state index is -0.00554. The van der Waals surface area contributed by atoms with Crippen LogP contribution >= 0.6 is 0 Å². The van der Waals surface area contributed by atoms with Crippen LogP contribution in [0.5, 0.6) is 11.5 Å². The van der Waals surface area contributed by atoms with Gasteiger partial charge in [0.2, 0.25) is 0 Å². The molecule has 1 saturated heterocycles. The Morgan fingerprint density at radius 3 is 2.56 bits per heavy atom. The minimum absolute atomic E-state index is 0.00554. The highest BCUT2D eigenvalue weighted by Gasteiger charge is 2.32. The Morgan fingerprint density at radius 1 is 0.963 bits per heavy atom. The zero-order chi connectivity index (χ0) is 18.8. The van der Waals surface area contributed by atoms with Crippen molar-refractivity contribution < 1.29 is 14.3 Å². The monoisotopic (exact) mass is 361 g/mol. The van der Waals surface area contributed by atoms with Gasteiger partial charge in [0.05, 0.1) is 20.3 Å². The summed E-state index contributed by atoms with van der Waals surface area (Å²) in [5, 5.41) is 2.22. The molecule has 4 nitrogen and oxygen atoms in total. The van der Waals surface area contributed by atoms with Gasteiger partial charge in [-0.1, -0.05) is 30.3 Å². The molecule has 1 aliphatic rings. The van der Waals surface area contributed by atoms with E-state index < -0.39 is 0 Å². The Balaban J connectivity index is 1.69. The fourth-order valence-corrected chi connectivity index (χ4v) is 3.92. The van der Waals surface area contributed by atoms with Crippen LogP contribution < -0.4 is 9.47 Å². The molecule has 1 aliphatic heterocycles. The van der Waals surface area contributed by atoms with Crippen LogP contribution in [0.2, 0.25) is 0 Å². The third-order valence-electron chi connectivity index (χ3n) is 5.31. The largest absolute Gasteiger partial charge is 0.497 e. The fraction of sp³-hybridized carbons (Fsp3) is 0.261. The fourth-order valence-electron chi connectivity index (χ4n) is 3.92. The van der Waals surface area contributed by atoms with Gasteiger partial charge in [-0.2, -0.15) is 0 Å². The molecule has 0 spiro atoms. The summed E-state index contributed by atoms with van der Waals surface area (Å²) in [7, 11) is 3.31. The predicted octanol–water partition coefficient (Wildman–Crippen LogP) is 4.83. The van der Waals surface area contributed by atoms with Crippen molar-refractivity contribution in [1.82, 2.24) is 4.90 Å². The van der Waals surface area contributed by atoms with Crippen LogP contribution in [0.4, 0.5) is 0 Å². The zero-order valence-electron chi connectivity index (χ0n) is 15.6. The van der Waals surface area contributed by atoms with E-state index in [0.29, 0.717) is 0 Å². The van der Waals surface area contributed by atoms with Crippen molar-refractivity contribution >= 4 is 16.7 Å². The van der Waals surface area contributed by atoms with E-state index in [4.69, 9.17) is 9.47 Å². The van der Waals surface area contributed by atoms with Crippen molar-refractivity contribution in [1.29, 1.82) is 0 Å². The second-order valence-corrected chi connectivity index (χ2v) is 6.83. The number of rotatable bonds is 4. The van der Waals surface area contributed by atoms with E-state index in [9.17, 15) is 4.79 Å². The number of likely N-dealkylation sites (tertiary alicyclic amines) is 1. The molecule has 1 unspecified atom stereocenters. The van der Waals surface area contributed by atoms with E-state index in [0.717, 1.165) is 52.8 Å². The molecule has 0 radical (unpaired) electrons. The molecule has 3 aromatic carbocycles. The van der Waals surface area contributed by atoms with Crippen LogP contribution in [-0.4, -0.2) is 31.6 Å². The maximum absolute atomic E-state index is 13.3. The van der Waals surface area contributed by atoms with Gasteiger partial charge in [-0.25, -0.2) is 0 Å². The SMILES string of the molecule is COc1ccc(OC)c(C2CCCN2C(=O)c2ccc3ccccc3c2)c1. The molecule has 3 aromatic rings. The number of carbonyl (C=O) groups excluding carboxylic acids is 1. The van der Waals surface area contributed by atoms with E-state index >= 15 is 0 Å². The maximum atomic E-state index is 13.3. The molecule has 0 aliphatic carbocycles. The Bertz CT molecular complexity index is 982. The summed E-state index contributed by atoms with van der Waals surface area (Å²) in [5.41, 5.74) is 1.73. The molecule has 0 bridgehead atoms. The summed E-state index contributed by atoms with van der Waals surface area (Å²) in [5.74, 6) is 1.63. The van der Waals surface area contributed by atoms with Gasteiger partial charge >= 0.3 is 0 Å². The molecule has 27 heavy (non-hydrogen) atoms. The van der Waals surface area contributed by atoms with Crippen molar-refractivity contribution in [3.05, 3.63) is 71.8 Å². The average molecular weight is 361 g/mol. The topological polar surface area (TPSA) is 38.8 Å². The summed E-state index contributed by atoms with van der Waals surface area (Å²) >= 11 is 0. The smallest absolute Gasteiger partial charge is 0.254 e. The number of benzene rings is 3. The summed E-state index contributed by atoms with van der Waals surface area (Å²) in [4.78, 5) is 15.2. The van der Waals surface area contributed by atoms with Gasteiger partial charge in [0.25, 0.3) is 5.91 Å². The summed E-state index contributed by atoms with van der Waals surface area (Å²) in [6, 6.07) is 19.8. The summed E-state index contributed by atoms with van der Waals surface area (Å²) < 4.78 is 10.9. The number of methoxy groups -OCH3 is 2. The van der Waals surface area contributed by atoms with Crippen molar-refractivity contribution in [3.8, 4) is 11.5 Å². The first-order valence-corrected chi connectivity index (χ1v) is 9.23. The first kappa shape index (κ1) is 17.4. The lowest BCUT2D eigenvalue weighted by atomic mass is 10.0. The lowest BCUT2D eigenvalue weighted by molar-refractivity contribution is 0.0734. The molecule has 1 heterocycles. The Morgan fingerprint density at radius 2 is 1.78 bits per heavy atom. The molecule has 1 atom stereocenters. The summed E-state index contributed by atoms with van der Waals surface area (Å²) in [6.45, 7) is 0.747. The predicted molar refractivity (Wildman–Crippen MR) is 107 cm³/mol. The Hall–Kier alpha value is -3.01. The van der Waals surface area contributed by atoms with Gasteiger partial charge in [0.1, 0.15) is 11.5 Å². The van der Waals surface area contributed by atoms with Gasteiger partial charge in [-0.3, -0.25) is 4.79 Å². The number of ether oxygens (including phenoxy) is 2. The number of fused-ring (bicyclic) bond motifs is 1.